The molecule has 0 bridgehead atoms. The van der Waals surface area contributed by atoms with E-state index in [0.717, 1.165) is 6.07 Å². The maximum atomic E-state index is 14.5. The number of halogens is 1. The molecule has 0 aliphatic carbocycles. The number of ketones is 1. The number of carbonyl (C=O) groups is 2. The highest BCUT2D eigenvalue weighted by atomic mass is 19.1. The number of benzene rings is 1. The van der Waals surface area contributed by atoms with Gasteiger partial charge < -0.3 is 14.2 Å². The molecule has 138 valence electrons. The molecule has 0 saturated carbocycles. The van der Waals surface area contributed by atoms with E-state index in [4.69, 9.17) is 4.74 Å². The molecule has 0 atom stereocenters. The molecule has 6 nitrogen and oxygen atoms in total. The van der Waals surface area contributed by atoms with Crippen molar-refractivity contribution in [3.63, 3.8) is 0 Å². The molecule has 0 amide bonds. The zero-order valence-electron chi connectivity index (χ0n) is 15.2. The normalized spacial score (nSPS) is 11.1. The summed E-state index contributed by atoms with van der Waals surface area (Å²) in [5, 5.41) is 0.0306. The number of esters is 1. The largest absolute Gasteiger partial charge is 0.462 e. The van der Waals surface area contributed by atoms with Gasteiger partial charge in [-0.15, -0.1) is 0 Å². The van der Waals surface area contributed by atoms with Crippen LogP contribution in [0.4, 0.5) is 4.39 Å². The van der Waals surface area contributed by atoms with Crippen LogP contribution in [0.1, 0.15) is 34.6 Å². The van der Waals surface area contributed by atoms with Crippen LogP contribution in [0.2, 0.25) is 0 Å². The molecule has 0 radical (unpaired) electrons. The first-order valence-corrected chi connectivity index (χ1v) is 8.22. The third-order valence-corrected chi connectivity index (χ3v) is 3.79. The second-order valence-corrected chi connectivity index (χ2v) is 5.87. The van der Waals surface area contributed by atoms with Crippen LogP contribution >= 0.6 is 0 Å². The van der Waals surface area contributed by atoms with Crippen molar-refractivity contribution in [2.24, 2.45) is 0 Å². The van der Waals surface area contributed by atoms with Gasteiger partial charge in [-0.3, -0.25) is 9.59 Å². The Morgan fingerprint density at radius 3 is 2.50 bits per heavy atom. The van der Waals surface area contributed by atoms with Crippen LogP contribution in [0.25, 0.3) is 10.9 Å². The maximum absolute atomic E-state index is 14.5. The molecule has 0 saturated heterocycles. The lowest BCUT2D eigenvalue weighted by molar-refractivity contribution is 0.0524. The molecule has 26 heavy (non-hydrogen) atoms. The van der Waals surface area contributed by atoms with Gasteiger partial charge in [0.05, 0.1) is 17.7 Å². The number of hydrogen-bond donors (Lipinski definition) is 0. The van der Waals surface area contributed by atoms with Gasteiger partial charge in [-0.25, -0.2) is 9.18 Å². The number of aromatic nitrogens is 1. The first kappa shape index (κ1) is 19.4. The summed E-state index contributed by atoms with van der Waals surface area (Å²) in [7, 11) is 3.48. The van der Waals surface area contributed by atoms with Crippen molar-refractivity contribution in [3.8, 4) is 0 Å². The van der Waals surface area contributed by atoms with Gasteiger partial charge in [-0.05, 0) is 26.0 Å². The summed E-state index contributed by atoms with van der Waals surface area (Å²) in [5.41, 5.74) is -0.535. The van der Waals surface area contributed by atoms with Crippen LogP contribution in [0.5, 0.6) is 0 Å². The van der Waals surface area contributed by atoms with Gasteiger partial charge in [0.2, 0.25) is 5.43 Å². The minimum absolute atomic E-state index is 0.0306. The lowest BCUT2D eigenvalue weighted by atomic mass is 10.0. The Morgan fingerprint density at radius 2 is 1.92 bits per heavy atom. The van der Waals surface area contributed by atoms with Gasteiger partial charge in [-0.2, -0.15) is 0 Å². The summed E-state index contributed by atoms with van der Waals surface area (Å²) in [5.74, 6) is -2.08. The molecule has 1 aromatic carbocycles. The van der Waals surface area contributed by atoms with Crippen molar-refractivity contribution in [3.05, 3.63) is 57.8 Å². The summed E-state index contributed by atoms with van der Waals surface area (Å²) < 4.78 is 21.0. The maximum Gasteiger partial charge on any atom is 0.343 e. The molecule has 1 heterocycles. The predicted octanol–water partition coefficient (Wildman–Crippen LogP) is 2.60. The van der Waals surface area contributed by atoms with Gasteiger partial charge in [-0.1, -0.05) is 0 Å². The van der Waals surface area contributed by atoms with Crippen molar-refractivity contribution in [1.29, 1.82) is 0 Å². The van der Waals surface area contributed by atoms with Crippen LogP contribution in [0, 0.1) is 5.82 Å². The second kappa shape index (κ2) is 7.95. The van der Waals surface area contributed by atoms with Crippen molar-refractivity contribution >= 4 is 22.7 Å². The van der Waals surface area contributed by atoms with E-state index in [-0.39, 0.29) is 23.1 Å². The topological polar surface area (TPSA) is 68.6 Å². The van der Waals surface area contributed by atoms with Crippen LogP contribution in [0.3, 0.4) is 0 Å². The Hall–Kier alpha value is -2.96. The molecular formula is C19H21FN2O4. The number of nitrogens with zero attached hydrogens (tertiary/aromatic N) is 2. The van der Waals surface area contributed by atoms with E-state index in [0.29, 0.717) is 12.1 Å². The zero-order chi connectivity index (χ0) is 19.4. The number of rotatable bonds is 6. The summed E-state index contributed by atoms with van der Waals surface area (Å²) in [6, 6.07) is 2.34. The number of ether oxygens (including phenoxy) is 1. The minimum atomic E-state index is -0.813. The second-order valence-electron chi connectivity index (χ2n) is 5.87. The van der Waals surface area contributed by atoms with E-state index in [1.54, 1.807) is 30.5 Å². The van der Waals surface area contributed by atoms with Crippen molar-refractivity contribution < 1.29 is 18.7 Å². The number of allylic oxidation sites excluding steroid dienone is 1. The van der Waals surface area contributed by atoms with Crippen LogP contribution in [0.15, 0.2) is 35.4 Å². The Bertz CT molecular complexity index is 945. The number of pyridine rings is 1. The van der Waals surface area contributed by atoms with Gasteiger partial charge in [0, 0.05) is 44.5 Å². The van der Waals surface area contributed by atoms with Gasteiger partial charge in [0.15, 0.2) is 5.78 Å². The zero-order valence-corrected chi connectivity index (χ0v) is 15.2. The SMILES string of the molecule is CCOC(=O)c1cn(CC)c2cc(C(=O)C=CN(C)C)c(F)cc2c1=O. The molecule has 7 heteroatoms. The van der Waals surface area contributed by atoms with Crippen LogP contribution in [-0.2, 0) is 11.3 Å². The third-order valence-electron chi connectivity index (χ3n) is 3.79. The molecule has 0 fully saturated rings. The first-order valence-electron chi connectivity index (χ1n) is 8.22. The smallest absolute Gasteiger partial charge is 0.343 e. The molecule has 0 unspecified atom stereocenters. The number of hydrogen-bond acceptors (Lipinski definition) is 5. The summed E-state index contributed by atoms with van der Waals surface area (Å²) in [6.07, 6.45) is 4.15. The third kappa shape index (κ3) is 3.82. The lowest BCUT2D eigenvalue weighted by Gasteiger charge is -2.12. The fourth-order valence-electron chi connectivity index (χ4n) is 2.52. The highest BCUT2D eigenvalue weighted by Crippen LogP contribution is 2.19. The molecule has 0 N–H and O–H groups in total. The Kier molecular flexibility index (Phi) is 5.92. The van der Waals surface area contributed by atoms with E-state index >= 15 is 0 Å². The highest BCUT2D eigenvalue weighted by molar-refractivity contribution is 6.07. The molecule has 2 aromatic rings. The van der Waals surface area contributed by atoms with E-state index in [9.17, 15) is 18.8 Å². The monoisotopic (exact) mass is 360 g/mol. The van der Waals surface area contributed by atoms with E-state index in [2.05, 4.69) is 0 Å². The van der Waals surface area contributed by atoms with Gasteiger partial charge >= 0.3 is 5.97 Å². The average Bonchev–Trinajstić information content (AvgIpc) is 2.60. The minimum Gasteiger partial charge on any atom is -0.462 e. The van der Waals surface area contributed by atoms with E-state index < -0.39 is 23.0 Å². The van der Waals surface area contributed by atoms with Gasteiger partial charge in [0.25, 0.3) is 0 Å². The predicted molar refractivity (Wildman–Crippen MR) is 97.0 cm³/mol. The summed E-state index contributed by atoms with van der Waals surface area (Å²) >= 11 is 0. The average molecular weight is 360 g/mol. The van der Waals surface area contributed by atoms with Crippen LogP contribution in [-0.4, -0.2) is 41.9 Å². The standard InChI is InChI=1S/C19H21FN2O4/c1-5-22-11-14(19(25)26-6-2)18(24)13-9-15(20)12(10-16(13)22)17(23)7-8-21(3)4/h7-11H,5-6H2,1-4H3. The molecule has 0 aliphatic heterocycles. The number of aryl methyl sites for hydroxylation is 1. The molecule has 2 rings (SSSR count). The molecule has 0 spiro atoms. The fraction of sp³-hybridized carbons (Fsp3) is 0.316. The van der Waals surface area contributed by atoms with E-state index in [1.165, 1.54) is 24.5 Å². The quantitative estimate of drug-likeness (QED) is 0.450. The van der Waals surface area contributed by atoms with Crippen molar-refractivity contribution in [2.45, 2.75) is 20.4 Å². The number of fused-ring (bicyclic) bond motifs is 1. The van der Waals surface area contributed by atoms with Crippen LogP contribution < -0.4 is 5.43 Å². The Labute approximate surface area is 150 Å². The Morgan fingerprint density at radius 1 is 1.23 bits per heavy atom. The van der Waals surface area contributed by atoms with E-state index in [1.807, 2.05) is 6.92 Å². The molecule has 0 aliphatic rings. The Balaban J connectivity index is 2.69. The molecular weight excluding hydrogens is 339 g/mol. The fourth-order valence-corrected chi connectivity index (χ4v) is 2.52. The molecule has 1 aromatic heterocycles. The van der Waals surface area contributed by atoms with Crippen molar-refractivity contribution in [1.82, 2.24) is 9.47 Å². The summed E-state index contributed by atoms with van der Waals surface area (Å²) in [6.45, 7) is 4.00. The summed E-state index contributed by atoms with van der Waals surface area (Å²) in [4.78, 5) is 38.5. The first-order chi connectivity index (χ1) is 12.3. The number of carbonyl (C=O) groups excluding carboxylic acids is 2. The lowest BCUT2D eigenvalue weighted by Crippen LogP contribution is -2.21. The highest BCUT2D eigenvalue weighted by Gasteiger charge is 2.19. The van der Waals surface area contributed by atoms with Crippen molar-refractivity contribution in [2.75, 3.05) is 20.7 Å². The van der Waals surface area contributed by atoms with Gasteiger partial charge in [0.1, 0.15) is 11.4 Å².